The molecule has 1 saturated carbocycles. The molecule has 1 aromatic heterocycles. The molecule has 1 heterocycles. The number of rotatable bonds is 6. The summed E-state index contributed by atoms with van der Waals surface area (Å²) in [5.41, 5.74) is -1.09. The second-order valence-electron chi connectivity index (χ2n) is 10.3. The number of aromatic nitrogens is 2. The van der Waals surface area contributed by atoms with Gasteiger partial charge in [-0.25, -0.2) is 9.78 Å². The number of esters is 1. The largest absolute Gasteiger partial charge is 0.458 e. The minimum Gasteiger partial charge on any atom is -0.458 e. The number of hydrogen-bond acceptors (Lipinski definition) is 6. The zero-order chi connectivity index (χ0) is 23.2. The Morgan fingerprint density at radius 2 is 1.65 bits per heavy atom. The highest BCUT2D eigenvalue weighted by atomic mass is 16.6. The normalized spacial score (nSPS) is 17.4. The van der Waals surface area contributed by atoms with Crippen molar-refractivity contribution in [1.82, 2.24) is 20.6 Å². The van der Waals surface area contributed by atoms with E-state index in [-0.39, 0.29) is 17.5 Å². The predicted octanol–water partition coefficient (Wildman–Crippen LogP) is 3.03. The SMILES string of the molecule is CC(C)(C)OC(=O)C(NC(=O)C(NC(=O)c1cnccn1)C1CCCCC1)C(C)(C)C. The van der Waals surface area contributed by atoms with Gasteiger partial charge >= 0.3 is 5.97 Å². The van der Waals surface area contributed by atoms with E-state index in [0.717, 1.165) is 32.1 Å². The molecule has 0 aliphatic heterocycles. The molecule has 31 heavy (non-hydrogen) atoms. The first kappa shape index (κ1) is 24.8. The van der Waals surface area contributed by atoms with Crippen LogP contribution in [0.2, 0.25) is 0 Å². The van der Waals surface area contributed by atoms with Crippen LogP contribution in [-0.4, -0.2) is 45.4 Å². The van der Waals surface area contributed by atoms with Crippen LogP contribution in [-0.2, 0) is 14.3 Å². The quantitative estimate of drug-likeness (QED) is 0.669. The average molecular weight is 433 g/mol. The van der Waals surface area contributed by atoms with Crippen LogP contribution >= 0.6 is 0 Å². The molecule has 0 aromatic carbocycles. The van der Waals surface area contributed by atoms with Gasteiger partial charge in [0.05, 0.1) is 6.20 Å². The highest BCUT2D eigenvalue weighted by Gasteiger charge is 2.39. The van der Waals surface area contributed by atoms with Gasteiger partial charge in [0.2, 0.25) is 5.91 Å². The fourth-order valence-electron chi connectivity index (χ4n) is 3.72. The topological polar surface area (TPSA) is 110 Å². The van der Waals surface area contributed by atoms with Crippen molar-refractivity contribution in [3.63, 3.8) is 0 Å². The molecule has 2 amide bonds. The van der Waals surface area contributed by atoms with Crippen LogP contribution in [0.25, 0.3) is 0 Å². The van der Waals surface area contributed by atoms with Gasteiger partial charge in [-0.2, -0.15) is 0 Å². The fraction of sp³-hybridized carbons (Fsp3) is 0.696. The van der Waals surface area contributed by atoms with Crippen LogP contribution in [0.15, 0.2) is 18.6 Å². The number of hydrogen-bond donors (Lipinski definition) is 2. The van der Waals surface area contributed by atoms with Gasteiger partial charge in [0, 0.05) is 12.4 Å². The van der Waals surface area contributed by atoms with Crippen LogP contribution in [0, 0.1) is 11.3 Å². The minimum absolute atomic E-state index is 0.00590. The van der Waals surface area contributed by atoms with E-state index >= 15 is 0 Å². The van der Waals surface area contributed by atoms with Crippen molar-refractivity contribution in [2.24, 2.45) is 11.3 Å². The van der Waals surface area contributed by atoms with Gasteiger partial charge < -0.3 is 15.4 Å². The van der Waals surface area contributed by atoms with Gasteiger partial charge in [-0.3, -0.25) is 14.6 Å². The minimum atomic E-state index is -0.848. The van der Waals surface area contributed by atoms with Gasteiger partial charge in [-0.1, -0.05) is 40.0 Å². The lowest BCUT2D eigenvalue weighted by molar-refractivity contribution is -0.162. The molecule has 0 spiro atoms. The van der Waals surface area contributed by atoms with E-state index in [1.54, 1.807) is 20.8 Å². The van der Waals surface area contributed by atoms with Crippen LogP contribution in [0.4, 0.5) is 0 Å². The molecule has 0 bridgehead atoms. The first-order valence-corrected chi connectivity index (χ1v) is 11.0. The lowest BCUT2D eigenvalue weighted by atomic mass is 9.82. The van der Waals surface area contributed by atoms with Crippen molar-refractivity contribution in [3.8, 4) is 0 Å². The summed E-state index contributed by atoms with van der Waals surface area (Å²) in [5, 5.41) is 5.71. The smallest absolute Gasteiger partial charge is 0.329 e. The van der Waals surface area contributed by atoms with Crippen LogP contribution in [0.3, 0.4) is 0 Å². The molecule has 8 nitrogen and oxygen atoms in total. The molecular formula is C23H36N4O4. The zero-order valence-corrected chi connectivity index (χ0v) is 19.5. The molecule has 0 saturated heterocycles. The van der Waals surface area contributed by atoms with Gasteiger partial charge in [0.15, 0.2) is 0 Å². The molecule has 2 rings (SSSR count). The molecule has 1 aromatic rings. The van der Waals surface area contributed by atoms with Crippen molar-refractivity contribution in [2.45, 2.75) is 91.3 Å². The lowest BCUT2D eigenvalue weighted by Gasteiger charge is -2.35. The number of ether oxygens (including phenoxy) is 1. The summed E-state index contributed by atoms with van der Waals surface area (Å²) in [4.78, 5) is 46.9. The average Bonchev–Trinajstić information content (AvgIpc) is 2.69. The second-order valence-corrected chi connectivity index (χ2v) is 10.3. The molecule has 172 valence electrons. The Bertz CT molecular complexity index is 762. The standard InChI is InChI=1S/C23H36N4O4/c1-22(2,3)18(21(30)31-23(4,5)6)27-20(29)17(15-10-8-7-9-11-15)26-19(28)16-14-24-12-13-25-16/h12-15,17-18H,7-11H2,1-6H3,(H,26,28)(H,27,29). The van der Waals surface area contributed by atoms with Crippen molar-refractivity contribution >= 4 is 17.8 Å². The van der Waals surface area contributed by atoms with E-state index in [4.69, 9.17) is 4.74 Å². The van der Waals surface area contributed by atoms with Crippen molar-refractivity contribution in [1.29, 1.82) is 0 Å². The Kier molecular flexibility index (Phi) is 8.14. The maximum atomic E-state index is 13.4. The van der Waals surface area contributed by atoms with E-state index in [1.165, 1.54) is 18.6 Å². The number of amides is 2. The van der Waals surface area contributed by atoms with E-state index in [9.17, 15) is 14.4 Å². The van der Waals surface area contributed by atoms with E-state index < -0.39 is 35.0 Å². The van der Waals surface area contributed by atoms with E-state index in [0.29, 0.717) is 0 Å². The molecule has 1 fully saturated rings. The van der Waals surface area contributed by atoms with Crippen LogP contribution in [0.1, 0.15) is 84.1 Å². The summed E-state index contributed by atoms with van der Waals surface area (Å²) in [6.07, 6.45) is 9.08. The Labute approximate surface area is 184 Å². The number of nitrogens with zero attached hydrogens (tertiary/aromatic N) is 2. The third-order valence-corrected chi connectivity index (χ3v) is 5.28. The molecule has 2 N–H and O–H groups in total. The number of carbonyl (C=O) groups excluding carboxylic acids is 3. The van der Waals surface area contributed by atoms with Crippen LogP contribution in [0.5, 0.6) is 0 Å². The van der Waals surface area contributed by atoms with E-state index in [1.807, 2.05) is 20.8 Å². The van der Waals surface area contributed by atoms with Crippen LogP contribution < -0.4 is 10.6 Å². The molecule has 1 aliphatic rings. The molecule has 1 aliphatic carbocycles. The van der Waals surface area contributed by atoms with Crippen molar-refractivity contribution in [3.05, 3.63) is 24.3 Å². The van der Waals surface area contributed by atoms with Crippen molar-refractivity contribution in [2.75, 3.05) is 0 Å². The maximum Gasteiger partial charge on any atom is 0.329 e. The van der Waals surface area contributed by atoms with Crippen molar-refractivity contribution < 1.29 is 19.1 Å². The highest BCUT2D eigenvalue weighted by molar-refractivity contribution is 5.97. The predicted molar refractivity (Wildman–Crippen MR) is 117 cm³/mol. The molecular weight excluding hydrogens is 396 g/mol. The molecule has 8 heteroatoms. The highest BCUT2D eigenvalue weighted by Crippen LogP contribution is 2.28. The second kappa shape index (κ2) is 10.2. The Balaban J connectivity index is 2.23. The van der Waals surface area contributed by atoms with Gasteiger partial charge in [-0.05, 0) is 44.9 Å². The van der Waals surface area contributed by atoms with E-state index in [2.05, 4.69) is 20.6 Å². The summed E-state index contributed by atoms with van der Waals surface area (Å²) in [6.45, 7) is 11.0. The maximum absolute atomic E-state index is 13.4. The van der Waals surface area contributed by atoms with Gasteiger partial charge in [-0.15, -0.1) is 0 Å². The first-order chi connectivity index (χ1) is 14.4. The first-order valence-electron chi connectivity index (χ1n) is 11.0. The molecule has 2 atom stereocenters. The fourth-order valence-corrected chi connectivity index (χ4v) is 3.72. The lowest BCUT2D eigenvalue weighted by Crippen LogP contribution is -2.58. The monoisotopic (exact) mass is 432 g/mol. The summed E-state index contributed by atoms with van der Waals surface area (Å²) >= 11 is 0. The number of carbonyl (C=O) groups is 3. The summed E-state index contributed by atoms with van der Waals surface area (Å²) in [7, 11) is 0. The van der Waals surface area contributed by atoms with Gasteiger partial charge in [0.1, 0.15) is 23.4 Å². The Morgan fingerprint density at radius 3 is 2.16 bits per heavy atom. The molecule has 2 unspecified atom stereocenters. The third-order valence-electron chi connectivity index (χ3n) is 5.28. The molecule has 0 radical (unpaired) electrons. The third kappa shape index (κ3) is 7.60. The Hall–Kier alpha value is -2.51. The summed E-state index contributed by atoms with van der Waals surface area (Å²) in [6, 6.07) is -1.61. The zero-order valence-electron chi connectivity index (χ0n) is 19.5. The van der Waals surface area contributed by atoms with Gasteiger partial charge in [0.25, 0.3) is 5.91 Å². The summed E-state index contributed by atoms with van der Waals surface area (Å²) in [5.74, 6) is -1.33. The number of nitrogens with one attached hydrogen (secondary N) is 2. The summed E-state index contributed by atoms with van der Waals surface area (Å²) < 4.78 is 5.54. The Morgan fingerprint density at radius 1 is 1.00 bits per heavy atom.